The molecule has 0 atom stereocenters. The fourth-order valence-electron chi connectivity index (χ4n) is 3.67. The first-order valence-corrected chi connectivity index (χ1v) is 8.92. The minimum atomic E-state index is 0. The van der Waals surface area contributed by atoms with Crippen LogP contribution in [0.25, 0.3) is 10.9 Å². The summed E-state index contributed by atoms with van der Waals surface area (Å²) < 4.78 is 5.84. The van der Waals surface area contributed by atoms with Crippen molar-refractivity contribution in [3.05, 3.63) is 65.4 Å². The van der Waals surface area contributed by atoms with Crippen molar-refractivity contribution in [3.63, 3.8) is 0 Å². The molecule has 0 aliphatic carbocycles. The van der Waals surface area contributed by atoms with E-state index in [1.807, 2.05) is 30.3 Å². The van der Waals surface area contributed by atoms with Crippen LogP contribution >= 0.6 is 12.4 Å². The zero-order chi connectivity index (χ0) is 16.2. The summed E-state index contributed by atoms with van der Waals surface area (Å²) in [4.78, 5) is 3.64. The van der Waals surface area contributed by atoms with Gasteiger partial charge >= 0.3 is 0 Å². The Morgan fingerprint density at radius 3 is 2.64 bits per heavy atom. The number of fused-ring (bicyclic) bond motifs is 3. The van der Waals surface area contributed by atoms with Crippen LogP contribution in [0.2, 0.25) is 0 Å². The van der Waals surface area contributed by atoms with E-state index in [1.165, 1.54) is 27.7 Å². The first-order valence-electron chi connectivity index (χ1n) is 8.92. The minimum absolute atomic E-state index is 0. The van der Waals surface area contributed by atoms with Crippen molar-refractivity contribution >= 4 is 23.3 Å². The van der Waals surface area contributed by atoms with Crippen LogP contribution in [0.15, 0.2) is 48.5 Å². The number of hydrogen-bond acceptors (Lipinski definition) is 2. The van der Waals surface area contributed by atoms with Crippen molar-refractivity contribution in [2.45, 2.75) is 25.7 Å². The van der Waals surface area contributed by atoms with Gasteiger partial charge in [-0.1, -0.05) is 30.3 Å². The van der Waals surface area contributed by atoms with Crippen molar-refractivity contribution in [2.75, 3.05) is 19.7 Å². The molecule has 0 bridgehead atoms. The summed E-state index contributed by atoms with van der Waals surface area (Å²) in [6.07, 6.45) is 4.31. The highest BCUT2D eigenvalue weighted by Crippen LogP contribution is 2.28. The van der Waals surface area contributed by atoms with Crippen molar-refractivity contribution in [2.24, 2.45) is 0 Å². The Morgan fingerprint density at radius 1 is 0.920 bits per heavy atom. The van der Waals surface area contributed by atoms with E-state index in [0.717, 1.165) is 51.1 Å². The maximum atomic E-state index is 5.84. The van der Waals surface area contributed by atoms with Gasteiger partial charge in [-0.25, -0.2) is 0 Å². The molecular weight excluding hydrogens is 332 g/mol. The molecule has 2 N–H and O–H groups in total. The number of aromatic nitrogens is 1. The molecule has 2 aromatic carbocycles. The SMILES string of the molecule is Cl.c1ccc(OCCCc2cccc3[nH]c4c(c23)CCNCC4)cc1. The lowest BCUT2D eigenvalue weighted by Crippen LogP contribution is -2.16. The normalized spacial score (nSPS) is 13.8. The third kappa shape index (κ3) is 4.00. The highest BCUT2D eigenvalue weighted by Gasteiger charge is 2.16. The van der Waals surface area contributed by atoms with Gasteiger partial charge in [0, 0.05) is 29.6 Å². The number of halogens is 1. The summed E-state index contributed by atoms with van der Waals surface area (Å²) >= 11 is 0. The molecule has 25 heavy (non-hydrogen) atoms. The number of aromatic amines is 1. The second kappa shape index (κ2) is 8.41. The van der Waals surface area contributed by atoms with E-state index >= 15 is 0 Å². The van der Waals surface area contributed by atoms with Gasteiger partial charge in [-0.05, 0) is 55.1 Å². The van der Waals surface area contributed by atoms with E-state index in [-0.39, 0.29) is 12.4 Å². The van der Waals surface area contributed by atoms with Gasteiger partial charge in [-0.2, -0.15) is 0 Å². The summed E-state index contributed by atoms with van der Waals surface area (Å²) in [5.41, 5.74) is 5.68. The topological polar surface area (TPSA) is 37.0 Å². The maximum Gasteiger partial charge on any atom is 0.119 e. The van der Waals surface area contributed by atoms with Crippen LogP contribution in [-0.4, -0.2) is 24.7 Å². The molecule has 0 unspecified atom stereocenters. The van der Waals surface area contributed by atoms with Crippen LogP contribution < -0.4 is 10.1 Å². The van der Waals surface area contributed by atoms with Gasteiger partial charge in [0.15, 0.2) is 0 Å². The minimum Gasteiger partial charge on any atom is -0.494 e. The Labute approximate surface area is 155 Å². The van der Waals surface area contributed by atoms with Crippen LogP contribution in [0.4, 0.5) is 0 Å². The molecule has 1 aliphatic heterocycles. The lowest BCUT2D eigenvalue weighted by Gasteiger charge is -2.08. The quantitative estimate of drug-likeness (QED) is 0.669. The summed E-state index contributed by atoms with van der Waals surface area (Å²) in [7, 11) is 0. The number of ether oxygens (including phenoxy) is 1. The van der Waals surface area contributed by atoms with Gasteiger partial charge in [-0.15, -0.1) is 12.4 Å². The fourth-order valence-corrected chi connectivity index (χ4v) is 3.67. The summed E-state index contributed by atoms with van der Waals surface area (Å²) in [6, 6.07) is 16.7. The van der Waals surface area contributed by atoms with E-state index in [9.17, 15) is 0 Å². The Bertz CT molecular complexity index is 813. The van der Waals surface area contributed by atoms with Crippen molar-refractivity contribution < 1.29 is 4.74 Å². The predicted octanol–water partition coefficient (Wildman–Crippen LogP) is 4.29. The average Bonchev–Trinajstić information content (AvgIpc) is 2.82. The Morgan fingerprint density at radius 2 is 1.76 bits per heavy atom. The van der Waals surface area contributed by atoms with E-state index in [2.05, 4.69) is 28.5 Å². The summed E-state index contributed by atoms with van der Waals surface area (Å²) in [5, 5.41) is 4.95. The standard InChI is InChI=1S/C21H24N2O.ClH/c1-2-8-17(9-3-1)24-15-5-7-16-6-4-10-20-21(16)18-11-13-22-14-12-19(18)23-20;/h1-4,6,8-10,22-23H,5,7,11-15H2;1H. The van der Waals surface area contributed by atoms with E-state index in [4.69, 9.17) is 4.74 Å². The zero-order valence-corrected chi connectivity index (χ0v) is 15.2. The molecule has 132 valence electrons. The molecule has 4 rings (SSSR count). The lowest BCUT2D eigenvalue weighted by molar-refractivity contribution is 0.311. The Kier molecular flexibility index (Phi) is 6.00. The molecule has 0 saturated heterocycles. The van der Waals surface area contributed by atoms with Gasteiger partial charge in [0.1, 0.15) is 5.75 Å². The molecule has 0 spiro atoms. The second-order valence-corrected chi connectivity index (χ2v) is 6.44. The lowest BCUT2D eigenvalue weighted by atomic mass is 9.99. The van der Waals surface area contributed by atoms with Gasteiger partial charge < -0.3 is 15.0 Å². The van der Waals surface area contributed by atoms with Crippen molar-refractivity contribution in [1.29, 1.82) is 0 Å². The van der Waals surface area contributed by atoms with Crippen molar-refractivity contribution in [1.82, 2.24) is 10.3 Å². The average molecular weight is 357 g/mol. The maximum absolute atomic E-state index is 5.84. The van der Waals surface area contributed by atoms with E-state index in [0.29, 0.717) is 0 Å². The van der Waals surface area contributed by atoms with Crippen LogP contribution in [0, 0.1) is 0 Å². The second-order valence-electron chi connectivity index (χ2n) is 6.44. The van der Waals surface area contributed by atoms with Gasteiger partial charge in [0.05, 0.1) is 6.61 Å². The smallest absolute Gasteiger partial charge is 0.119 e. The fraction of sp³-hybridized carbons (Fsp3) is 0.333. The number of nitrogens with one attached hydrogen (secondary N) is 2. The Balaban J connectivity index is 0.00000182. The molecular formula is C21H25ClN2O. The van der Waals surface area contributed by atoms with Gasteiger partial charge in [0.2, 0.25) is 0 Å². The predicted molar refractivity (Wildman–Crippen MR) is 106 cm³/mol. The number of aryl methyl sites for hydroxylation is 1. The van der Waals surface area contributed by atoms with Crippen LogP contribution in [0.5, 0.6) is 5.75 Å². The van der Waals surface area contributed by atoms with Crippen molar-refractivity contribution in [3.8, 4) is 5.75 Å². The van der Waals surface area contributed by atoms with E-state index in [1.54, 1.807) is 0 Å². The molecule has 3 aromatic rings. The molecule has 0 saturated carbocycles. The molecule has 2 heterocycles. The van der Waals surface area contributed by atoms with Gasteiger partial charge in [-0.3, -0.25) is 0 Å². The molecule has 4 heteroatoms. The first-order chi connectivity index (χ1) is 11.9. The number of para-hydroxylation sites is 1. The third-order valence-corrected chi connectivity index (χ3v) is 4.81. The van der Waals surface area contributed by atoms with Crippen LogP contribution in [-0.2, 0) is 19.3 Å². The van der Waals surface area contributed by atoms with Crippen LogP contribution in [0.1, 0.15) is 23.2 Å². The molecule has 1 aliphatic rings. The highest BCUT2D eigenvalue weighted by atomic mass is 35.5. The molecule has 0 fully saturated rings. The molecule has 0 amide bonds. The molecule has 3 nitrogen and oxygen atoms in total. The number of rotatable bonds is 5. The van der Waals surface area contributed by atoms with Crippen LogP contribution in [0.3, 0.4) is 0 Å². The zero-order valence-electron chi connectivity index (χ0n) is 14.4. The highest BCUT2D eigenvalue weighted by molar-refractivity contribution is 5.88. The molecule has 0 radical (unpaired) electrons. The monoisotopic (exact) mass is 356 g/mol. The molecule has 1 aromatic heterocycles. The first kappa shape index (κ1) is 17.8. The third-order valence-electron chi connectivity index (χ3n) is 4.81. The largest absolute Gasteiger partial charge is 0.494 e. The van der Waals surface area contributed by atoms with E-state index < -0.39 is 0 Å². The number of hydrogen-bond donors (Lipinski definition) is 2. The number of H-pyrrole nitrogens is 1. The summed E-state index contributed by atoms with van der Waals surface area (Å²) in [5.74, 6) is 0.956. The Hall–Kier alpha value is -1.97. The van der Waals surface area contributed by atoms with Gasteiger partial charge in [0.25, 0.3) is 0 Å². The number of benzene rings is 2. The summed E-state index contributed by atoms with van der Waals surface area (Å²) in [6.45, 7) is 2.90.